The van der Waals surface area contributed by atoms with Crippen LogP contribution >= 0.6 is 0 Å². The first kappa shape index (κ1) is 19.6. The van der Waals surface area contributed by atoms with Crippen LogP contribution in [-0.4, -0.2) is 21.0 Å². The average Bonchev–Trinajstić information content (AvgIpc) is 2.62. The summed E-state index contributed by atoms with van der Waals surface area (Å²) in [6, 6.07) is 9.50. The van der Waals surface area contributed by atoms with Crippen molar-refractivity contribution in [2.24, 2.45) is 0 Å². The number of aromatic nitrogens is 3. The summed E-state index contributed by atoms with van der Waals surface area (Å²) in [4.78, 5) is 12.9. The lowest BCUT2D eigenvalue weighted by molar-refractivity contribution is -0.138. The van der Waals surface area contributed by atoms with E-state index in [0.717, 1.165) is 11.6 Å². The second kappa shape index (κ2) is 7.84. The number of anilines is 3. The van der Waals surface area contributed by atoms with Crippen molar-refractivity contribution in [2.75, 3.05) is 10.6 Å². The lowest BCUT2D eigenvalue weighted by Gasteiger charge is -2.15. The molecule has 3 rings (SSSR count). The van der Waals surface area contributed by atoms with Gasteiger partial charge in [-0.1, -0.05) is 6.07 Å². The van der Waals surface area contributed by atoms with E-state index in [4.69, 9.17) is 0 Å². The minimum atomic E-state index is -4.42. The normalized spacial score (nSPS) is 11.5. The van der Waals surface area contributed by atoms with Crippen molar-refractivity contribution >= 4 is 17.5 Å². The molecule has 1 aromatic carbocycles. The molecule has 3 aromatic rings. The van der Waals surface area contributed by atoms with E-state index in [-0.39, 0.29) is 11.6 Å². The number of hydrogen-bond donors (Lipinski definition) is 2. The van der Waals surface area contributed by atoms with Gasteiger partial charge in [0.15, 0.2) is 0 Å². The van der Waals surface area contributed by atoms with Gasteiger partial charge in [0.25, 0.3) is 0 Å². The Morgan fingerprint density at radius 2 is 1.68 bits per heavy atom. The van der Waals surface area contributed by atoms with E-state index in [1.54, 1.807) is 36.7 Å². The van der Waals surface area contributed by atoms with E-state index >= 15 is 0 Å². The third kappa shape index (κ3) is 4.76. The summed E-state index contributed by atoms with van der Waals surface area (Å²) in [5.41, 5.74) is 1.24. The second-order valence-electron chi connectivity index (χ2n) is 6.65. The van der Waals surface area contributed by atoms with Crippen molar-refractivity contribution < 1.29 is 13.2 Å². The molecule has 0 saturated carbocycles. The lowest BCUT2D eigenvalue weighted by Crippen LogP contribution is -2.13. The van der Waals surface area contributed by atoms with E-state index in [9.17, 15) is 13.2 Å². The van der Waals surface area contributed by atoms with Crippen LogP contribution in [0.4, 0.5) is 30.6 Å². The Morgan fingerprint density at radius 3 is 2.32 bits per heavy atom. The Morgan fingerprint density at radius 1 is 0.964 bits per heavy atom. The molecule has 0 amide bonds. The van der Waals surface area contributed by atoms with Crippen molar-refractivity contribution in [1.82, 2.24) is 15.0 Å². The lowest BCUT2D eigenvalue weighted by atomic mass is 10.1. The molecule has 0 bridgehead atoms. The fourth-order valence-corrected chi connectivity index (χ4v) is 2.66. The van der Waals surface area contributed by atoms with Gasteiger partial charge >= 0.3 is 6.18 Å². The van der Waals surface area contributed by atoms with Crippen LogP contribution in [0.25, 0.3) is 11.3 Å². The van der Waals surface area contributed by atoms with Crippen LogP contribution in [-0.2, 0) is 6.18 Å². The van der Waals surface area contributed by atoms with Crippen LogP contribution < -0.4 is 10.6 Å². The maximum Gasteiger partial charge on any atom is 0.416 e. The first-order valence-electron chi connectivity index (χ1n) is 8.73. The fourth-order valence-electron chi connectivity index (χ4n) is 2.66. The molecule has 0 aliphatic heterocycles. The summed E-state index contributed by atoms with van der Waals surface area (Å²) in [5, 5.41) is 6.09. The molecule has 5 nitrogen and oxygen atoms in total. The quantitative estimate of drug-likeness (QED) is 0.611. The summed E-state index contributed by atoms with van der Waals surface area (Å²) in [7, 11) is 0. The fraction of sp³-hybridized carbons (Fsp3) is 0.250. The van der Waals surface area contributed by atoms with Gasteiger partial charge < -0.3 is 10.6 Å². The number of rotatable bonds is 5. The number of pyridine rings is 1. The number of nitrogens with zero attached hydrogens (tertiary/aromatic N) is 3. The number of hydrogen-bond acceptors (Lipinski definition) is 5. The van der Waals surface area contributed by atoms with Crippen LogP contribution in [0.1, 0.15) is 25.0 Å². The highest BCUT2D eigenvalue weighted by Gasteiger charge is 2.32. The van der Waals surface area contributed by atoms with Gasteiger partial charge in [-0.3, -0.25) is 4.98 Å². The molecule has 0 unspecified atom stereocenters. The van der Waals surface area contributed by atoms with Gasteiger partial charge in [-0.25, -0.2) is 4.98 Å². The van der Waals surface area contributed by atoms with Crippen LogP contribution in [0.5, 0.6) is 0 Å². The summed E-state index contributed by atoms with van der Waals surface area (Å²) >= 11 is 0. The SMILES string of the molecule is Cc1ccc(Nc2cc(-c3ccncc3)nc(NC(C)C)n2)cc1C(F)(F)F. The zero-order valence-electron chi connectivity index (χ0n) is 15.7. The molecule has 0 atom stereocenters. The van der Waals surface area contributed by atoms with E-state index in [0.29, 0.717) is 23.1 Å². The Bertz CT molecular complexity index is 956. The van der Waals surface area contributed by atoms with Crippen molar-refractivity contribution in [3.05, 3.63) is 59.9 Å². The van der Waals surface area contributed by atoms with Gasteiger partial charge in [0.1, 0.15) is 5.82 Å². The van der Waals surface area contributed by atoms with Crippen molar-refractivity contribution in [2.45, 2.75) is 33.0 Å². The number of nitrogens with one attached hydrogen (secondary N) is 2. The van der Waals surface area contributed by atoms with Crippen molar-refractivity contribution in [3.8, 4) is 11.3 Å². The van der Waals surface area contributed by atoms with Gasteiger partial charge in [-0.05, 0) is 50.6 Å². The van der Waals surface area contributed by atoms with Gasteiger partial charge in [0, 0.05) is 35.8 Å². The summed E-state index contributed by atoms with van der Waals surface area (Å²) in [5.74, 6) is 0.775. The van der Waals surface area contributed by atoms with E-state index in [2.05, 4.69) is 25.6 Å². The zero-order chi connectivity index (χ0) is 20.3. The molecule has 0 saturated heterocycles. The molecule has 0 aliphatic rings. The van der Waals surface area contributed by atoms with Gasteiger partial charge in [0.05, 0.1) is 11.3 Å². The molecule has 0 radical (unpaired) electrons. The molecule has 0 aliphatic carbocycles. The van der Waals surface area contributed by atoms with Crippen LogP contribution in [0.2, 0.25) is 0 Å². The largest absolute Gasteiger partial charge is 0.416 e. The maximum absolute atomic E-state index is 13.2. The monoisotopic (exact) mass is 387 g/mol. The summed E-state index contributed by atoms with van der Waals surface area (Å²) in [6.45, 7) is 5.33. The minimum Gasteiger partial charge on any atom is -0.352 e. The highest BCUT2D eigenvalue weighted by Crippen LogP contribution is 2.34. The van der Waals surface area contributed by atoms with Crippen molar-refractivity contribution in [1.29, 1.82) is 0 Å². The Labute approximate surface area is 161 Å². The van der Waals surface area contributed by atoms with Gasteiger partial charge in [-0.2, -0.15) is 18.2 Å². The third-order valence-electron chi connectivity index (χ3n) is 3.94. The van der Waals surface area contributed by atoms with Gasteiger partial charge in [0.2, 0.25) is 5.95 Å². The molecule has 0 spiro atoms. The molecular weight excluding hydrogens is 367 g/mol. The van der Waals surface area contributed by atoms with Crippen LogP contribution in [0.3, 0.4) is 0 Å². The van der Waals surface area contributed by atoms with E-state index < -0.39 is 11.7 Å². The van der Waals surface area contributed by atoms with Crippen LogP contribution in [0.15, 0.2) is 48.8 Å². The highest BCUT2D eigenvalue weighted by molar-refractivity contribution is 5.67. The Hall–Kier alpha value is -3.16. The molecule has 146 valence electrons. The molecule has 2 aromatic heterocycles. The molecular formula is C20H20F3N5. The van der Waals surface area contributed by atoms with Crippen LogP contribution in [0, 0.1) is 6.92 Å². The first-order chi connectivity index (χ1) is 13.2. The number of aryl methyl sites for hydroxylation is 1. The summed E-state index contributed by atoms with van der Waals surface area (Å²) in [6.07, 6.45) is -1.12. The predicted molar refractivity (Wildman–Crippen MR) is 103 cm³/mol. The molecule has 28 heavy (non-hydrogen) atoms. The molecule has 0 fully saturated rings. The maximum atomic E-state index is 13.2. The number of alkyl halides is 3. The third-order valence-corrected chi connectivity index (χ3v) is 3.94. The smallest absolute Gasteiger partial charge is 0.352 e. The highest BCUT2D eigenvalue weighted by atomic mass is 19.4. The Kier molecular flexibility index (Phi) is 5.48. The van der Waals surface area contributed by atoms with E-state index in [1.807, 2.05) is 13.8 Å². The molecule has 2 N–H and O–H groups in total. The first-order valence-corrected chi connectivity index (χ1v) is 8.73. The molecule has 2 heterocycles. The Balaban J connectivity index is 1.99. The standard InChI is InChI=1S/C20H20F3N5/c1-12(2)25-19-27-17(14-6-8-24-9-7-14)11-18(28-19)26-15-5-4-13(3)16(10-15)20(21,22)23/h4-12H,1-3H3,(H2,25,26,27,28). The topological polar surface area (TPSA) is 62.7 Å². The zero-order valence-corrected chi connectivity index (χ0v) is 15.7. The van der Waals surface area contributed by atoms with Crippen molar-refractivity contribution in [3.63, 3.8) is 0 Å². The van der Waals surface area contributed by atoms with Gasteiger partial charge in [-0.15, -0.1) is 0 Å². The molecule has 8 heteroatoms. The predicted octanol–water partition coefficient (Wildman–Crippen LogP) is 5.43. The average molecular weight is 387 g/mol. The number of halogens is 3. The minimum absolute atomic E-state index is 0.0942. The second-order valence-corrected chi connectivity index (χ2v) is 6.65. The number of benzene rings is 1. The van der Waals surface area contributed by atoms with E-state index in [1.165, 1.54) is 13.0 Å². The summed E-state index contributed by atoms with van der Waals surface area (Å²) < 4.78 is 39.6.